The topological polar surface area (TPSA) is 101 Å². The number of likely N-dealkylation sites (tertiary alicyclic amines) is 1. The van der Waals surface area contributed by atoms with Crippen LogP contribution in [0.3, 0.4) is 0 Å². The molecule has 0 aliphatic carbocycles. The number of aryl methyl sites for hydroxylation is 2. The third-order valence-corrected chi connectivity index (χ3v) is 3.93. The van der Waals surface area contributed by atoms with E-state index in [1.54, 1.807) is 11.0 Å². The van der Waals surface area contributed by atoms with Gasteiger partial charge in [0.1, 0.15) is 5.76 Å². The fourth-order valence-electron chi connectivity index (χ4n) is 2.53. The molecule has 3 heterocycles. The number of furan rings is 1. The summed E-state index contributed by atoms with van der Waals surface area (Å²) in [7, 11) is 0. The number of amides is 1. The Hall–Kier alpha value is -2.64. The summed E-state index contributed by atoms with van der Waals surface area (Å²) in [5, 5.41) is 16.3. The molecule has 0 bridgehead atoms. The van der Waals surface area contributed by atoms with Crippen LogP contribution in [0.1, 0.15) is 44.8 Å². The number of carboxylic acids is 1. The molecule has 1 N–H and O–H groups in total. The van der Waals surface area contributed by atoms with Crippen LogP contribution in [-0.4, -0.2) is 50.0 Å². The van der Waals surface area contributed by atoms with Gasteiger partial charge in [0.15, 0.2) is 11.5 Å². The smallest absolute Gasteiger partial charge is 0.358 e. The predicted octanol–water partition coefficient (Wildman–Crippen LogP) is 1.27. The van der Waals surface area contributed by atoms with Crippen molar-refractivity contribution in [3.05, 3.63) is 35.0 Å². The Bertz CT molecular complexity index is 714. The molecule has 1 amide bonds. The number of hydrogen-bond donors (Lipinski definition) is 1. The molecule has 22 heavy (non-hydrogen) atoms. The van der Waals surface area contributed by atoms with Crippen LogP contribution < -0.4 is 0 Å². The van der Waals surface area contributed by atoms with E-state index in [0.717, 1.165) is 11.3 Å². The first kappa shape index (κ1) is 14.3. The van der Waals surface area contributed by atoms with Crippen LogP contribution in [0.25, 0.3) is 0 Å². The molecule has 1 saturated heterocycles. The van der Waals surface area contributed by atoms with E-state index in [9.17, 15) is 9.59 Å². The van der Waals surface area contributed by atoms with Crippen molar-refractivity contribution in [1.29, 1.82) is 0 Å². The van der Waals surface area contributed by atoms with E-state index in [-0.39, 0.29) is 17.6 Å². The van der Waals surface area contributed by atoms with Crippen molar-refractivity contribution < 1.29 is 19.1 Å². The lowest BCUT2D eigenvalue weighted by atomic mass is 10.2. The van der Waals surface area contributed by atoms with E-state index in [0.29, 0.717) is 25.3 Å². The van der Waals surface area contributed by atoms with Gasteiger partial charge in [-0.25, -0.2) is 9.48 Å². The maximum absolute atomic E-state index is 12.4. The van der Waals surface area contributed by atoms with Gasteiger partial charge < -0.3 is 14.4 Å². The van der Waals surface area contributed by atoms with Gasteiger partial charge >= 0.3 is 5.97 Å². The molecular weight excluding hydrogens is 288 g/mol. The summed E-state index contributed by atoms with van der Waals surface area (Å²) in [5.41, 5.74) is 0.850. The molecule has 116 valence electrons. The summed E-state index contributed by atoms with van der Waals surface area (Å²) in [6.07, 6.45) is 2.09. The zero-order valence-electron chi connectivity index (χ0n) is 12.3. The van der Waals surface area contributed by atoms with Gasteiger partial charge in [-0.05, 0) is 31.9 Å². The highest BCUT2D eigenvalue weighted by atomic mass is 16.4. The second kappa shape index (κ2) is 5.28. The molecule has 8 nitrogen and oxygen atoms in total. The van der Waals surface area contributed by atoms with E-state index < -0.39 is 5.97 Å². The minimum absolute atomic E-state index is 0.0679. The van der Waals surface area contributed by atoms with Crippen molar-refractivity contribution in [2.45, 2.75) is 26.3 Å². The molecule has 2 aromatic rings. The maximum atomic E-state index is 12.4. The van der Waals surface area contributed by atoms with Gasteiger partial charge in [-0.2, -0.15) is 0 Å². The molecule has 3 rings (SSSR count). The first-order valence-corrected chi connectivity index (χ1v) is 6.97. The van der Waals surface area contributed by atoms with Crippen LogP contribution in [0.4, 0.5) is 0 Å². The number of aromatic carboxylic acids is 1. The predicted molar refractivity (Wildman–Crippen MR) is 74.7 cm³/mol. The summed E-state index contributed by atoms with van der Waals surface area (Å²) >= 11 is 0. The lowest BCUT2D eigenvalue weighted by Crippen LogP contribution is -2.28. The quantitative estimate of drug-likeness (QED) is 0.916. The van der Waals surface area contributed by atoms with Crippen molar-refractivity contribution in [1.82, 2.24) is 19.9 Å². The van der Waals surface area contributed by atoms with Crippen LogP contribution in [0, 0.1) is 13.8 Å². The average Bonchev–Trinajstić information content (AvgIpc) is 3.18. The van der Waals surface area contributed by atoms with Gasteiger partial charge in [-0.3, -0.25) is 4.79 Å². The van der Waals surface area contributed by atoms with Gasteiger partial charge in [-0.1, -0.05) is 5.21 Å². The van der Waals surface area contributed by atoms with Gasteiger partial charge in [0.05, 0.1) is 12.2 Å². The molecule has 1 unspecified atom stereocenters. The Kier molecular flexibility index (Phi) is 3.44. The molecule has 0 spiro atoms. The van der Waals surface area contributed by atoms with Gasteiger partial charge in [0.25, 0.3) is 5.91 Å². The first-order valence-electron chi connectivity index (χ1n) is 6.97. The molecule has 0 saturated carbocycles. The van der Waals surface area contributed by atoms with Crippen LogP contribution >= 0.6 is 0 Å². The zero-order valence-corrected chi connectivity index (χ0v) is 12.3. The van der Waals surface area contributed by atoms with Crippen molar-refractivity contribution >= 4 is 11.9 Å². The summed E-state index contributed by atoms with van der Waals surface area (Å²) in [5.74, 6) is -0.196. The molecular formula is C14H16N4O4. The largest absolute Gasteiger partial charge is 0.476 e. The van der Waals surface area contributed by atoms with Crippen molar-refractivity contribution in [2.75, 3.05) is 13.1 Å². The molecule has 1 aliphatic heterocycles. The summed E-state index contributed by atoms with van der Waals surface area (Å²) in [6.45, 7) is 4.75. The van der Waals surface area contributed by atoms with Crippen molar-refractivity contribution in [2.24, 2.45) is 0 Å². The highest BCUT2D eigenvalue weighted by Crippen LogP contribution is 2.24. The molecule has 0 aromatic carbocycles. The molecule has 2 aromatic heterocycles. The second-order valence-electron chi connectivity index (χ2n) is 5.43. The Morgan fingerprint density at radius 2 is 2.18 bits per heavy atom. The fraction of sp³-hybridized carbons (Fsp3) is 0.429. The van der Waals surface area contributed by atoms with Crippen LogP contribution in [-0.2, 0) is 0 Å². The van der Waals surface area contributed by atoms with E-state index in [2.05, 4.69) is 10.3 Å². The van der Waals surface area contributed by atoms with Crippen molar-refractivity contribution in [3.63, 3.8) is 0 Å². The van der Waals surface area contributed by atoms with Crippen LogP contribution in [0.5, 0.6) is 0 Å². The van der Waals surface area contributed by atoms with Gasteiger partial charge in [0.2, 0.25) is 0 Å². The molecule has 1 fully saturated rings. The van der Waals surface area contributed by atoms with Crippen molar-refractivity contribution in [3.8, 4) is 0 Å². The normalized spacial score (nSPS) is 17.9. The van der Waals surface area contributed by atoms with Crippen LogP contribution in [0.15, 0.2) is 16.7 Å². The zero-order chi connectivity index (χ0) is 15.9. The number of carbonyl (C=O) groups excluding carboxylic acids is 1. The third-order valence-electron chi connectivity index (χ3n) is 3.93. The molecule has 0 radical (unpaired) electrons. The highest BCUT2D eigenvalue weighted by molar-refractivity contribution is 5.92. The van der Waals surface area contributed by atoms with E-state index >= 15 is 0 Å². The minimum Gasteiger partial charge on any atom is -0.476 e. The van der Waals surface area contributed by atoms with Crippen LogP contribution in [0.2, 0.25) is 0 Å². The van der Waals surface area contributed by atoms with E-state index in [1.807, 2.05) is 13.8 Å². The Balaban J connectivity index is 1.71. The second-order valence-corrected chi connectivity index (χ2v) is 5.43. The first-order chi connectivity index (χ1) is 10.5. The monoisotopic (exact) mass is 304 g/mol. The number of rotatable bonds is 3. The van der Waals surface area contributed by atoms with E-state index in [1.165, 1.54) is 10.9 Å². The molecule has 1 atom stereocenters. The fourth-order valence-corrected chi connectivity index (χ4v) is 2.53. The number of carboxylic acid groups (broad SMARTS) is 1. The summed E-state index contributed by atoms with van der Waals surface area (Å²) in [6, 6.07) is 1.67. The molecule has 1 aliphatic rings. The lowest BCUT2D eigenvalue weighted by Gasteiger charge is -2.14. The summed E-state index contributed by atoms with van der Waals surface area (Å²) in [4.78, 5) is 24.9. The number of nitrogens with zero attached hydrogens (tertiary/aromatic N) is 4. The van der Waals surface area contributed by atoms with E-state index in [4.69, 9.17) is 9.52 Å². The number of aromatic nitrogens is 3. The standard InChI is InChI=1S/C14H16N4O4/c1-8-5-12(22-9(8)2)13(19)17-4-3-10(6-17)18-7-11(14(20)21)15-16-18/h5,7,10H,3-4,6H2,1-2H3,(H,20,21). The minimum atomic E-state index is -1.11. The maximum Gasteiger partial charge on any atom is 0.358 e. The SMILES string of the molecule is Cc1cc(C(=O)N2CCC(n3cc(C(=O)O)nn3)C2)oc1C. The lowest BCUT2D eigenvalue weighted by molar-refractivity contribution is 0.0689. The number of carbonyl (C=O) groups is 2. The average molecular weight is 304 g/mol. The van der Waals surface area contributed by atoms with Gasteiger partial charge in [0, 0.05) is 13.1 Å². The highest BCUT2D eigenvalue weighted by Gasteiger charge is 2.30. The third kappa shape index (κ3) is 2.47. The number of hydrogen-bond acceptors (Lipinski definition) is 5. The van der Waals surface area contributed by atoms with Gasteiger partial charge in [-0.15, -0.1) is 5.10 Å². The molecule has 8 heteroatoms. The summed E-state index contributed by atoms with van der Waals surface area (Å²) < 4.78 is 6.97. The Labute approximate surface area is 126 Å². The Morgan fingerprint density at radius 1 is 1.41 bits per heavy atom. The Morgan fingerprint density at radius 3 is 2.77 bits per heavy atom.